The molecule has 2 N–H and O–H groups in total. The molecule has 0 saturated carbocycles. The van der Waals surface area contributed by atoms with Crippen molar-refractivity contribution >= 4 is 24.7 Å². The molecule has 2 heteroatoms. The Bertz CT molecular complexity index is 153. The smallest absolute Gasteiger partial charge is 0.0281 e. The zero-order chi connectivity index (χ0) is 5.82. The number of hydrogen-bond acceptors (Lipinski definition) is 1. The van der Waals surface area contributed by atoms with E-state index in [2.05, 4.69) is 8.09 Å². The van der Waals surface area contributed by atoms with Crippen LogP contribution in [0.4, 0.5) is 0 Å². The third-order valence-corrected chi connectivity index (χ3v) is 2.65. The molecule has 8 heavy (non-hydrogen) atoms. The minimum atomic E-state index is 0.222. The van der Waals surface area contributed by atoms with Gasteiger partial charge in [-0.1, -0.05) is 26.8 Å². The number of halogens is 1. The fraction of sp³-hybridized carbons (Fsp3) is 0.167. The Hall–Kier alpha value is -0.120. The lowest BCUT2D eigenvalue weighted by atomic mass is 10.3. The van der Waals surface area contributed by atoms with Gasteiger partial charge in [0.2, 0.25) is 0 Å². The van der Waals surface area contributed by atoms with E-state index < -0.39 is 0 Å². The highest BCUT2D eigenvalue weighted by molar-refractivity contribution is 14.2. The lowest BCUT2D eigenvalue weighted by Crippen LogP contribution is -1.90. The monoisotopic (exact) mass is 221 g/mol. The van der Waals surface area contributed by atoms with Crippen LogP contribution in [0.5, 0.6) is 0 Å². The summed E-state index contributed by atoms with van der Waals surface area (Å²) in [6, 6.07) is 0. The van der Waals surface area contributed by atoms with Gasteiger partial charge >= 0.3 is 0 Å². The fourth-order valence-corrected chi connectivity index (χ4v) is 1.92. The van der Waals surface area contributed by atoms with Gasteiger partial charge in [-0.3, -0.25) is 0 Å². The average molecular weight is 221 g/mol. The van der Waals surface area contributed by atoms with E-state index in [-0.39, 0.29) is 20.7 Å². The maximum absolute atomic E-state index is 5.51. The molecule has 1 heterocycles. The van der Waals surface area contributed by atoms with Crippen LogP contribution in [-0.2, 0) is 0 Å². The minimum Gasteiger partial charge on any atom is -0.399 e. The van der Waals surface area contributed by atoms with Crippen LogP contribution < -0.4 is 5.73 Å². The van der Waals surface area contributed by atoms with Gasteiger partial charge in [-0.2, -0.15) is 0 Å². The van der Waals surface area contributed by atoms with E-state index in [0.717, 1.165) is 12.1 Å². The van der Waals surface area contributed by atoms with Crippen LogP contribution in [0.2, 0.25) is 0 Å². The van der Waals surface area contributed by atoms with Gasteiger partial charge in [0.1, 0.15) is 0 Å². The molecule has 0 aromatic rings. The molecular formula is C6H8IN. The molecule has 1 nitrogen and oxygen atoms in total. The highest BCUT2D eigenvalue weighted by Gasteiger charge is 1.82. The first-order valence-corrected chi connectivity index (χ1v) is 4.94. The molecule has 44 valence electrons. The van der Waals surface area contributed by atoms with Crippen LogP contribution in [0.15, 0.2) is 21.9 Å². The van der Waals surface area contributed by atoms with Crippen LogP contribution in [0.3, 0.4) is 0 Å². The Morgan fingerprint density at radius 2 is 2.50 bits per heavy atom. The third-order valence-electron chi connectivity index (χ3n) is 0.860. The first-order chi connectivity index (χ1) is 3.89. The van der Waals surface area contributed by atoms with E-state index >= 15 is 0 Å². The Morgan fingerprint density at radius 1 is 1.62 bits per heavy atom. The van der Waals surface area contributed by atoms with Gasteiger partial charge in [-0.15, -0.1) is 0 Å². The molecule has 0 aromatic carbocycles. The fourth-order valence-electron chi connectivity index (χ4n) is 0.461. The number of hydrogen-bond donors (Lipinski definition) is 1. The summed E-state index contributed by atoms with van der Waals surface area (Å²) in [6.07, 6.45) is 5.10. The van der Waals surface area contributed by atoms with Crippen molar-refractivity contribution in [3.8, 4) is 0 Å². The van der Waals surface area contributed by atoms with Crippen molar-refractivity contribution in [1.29, 1.82) is 0 Å². The molecule has 1 aliphatic rings. The quantitative estimate of drug-likeness (QED) is 0.616. The summed E-state index contributed by atoms with van der Waals surface area (Å²) >= 11 is 0.222. The first-order valence-electron chi connectivity index (χ1n) is 2.45. The zero-order valence-corrected chi connectivity index (χ0v) is 6.63. The van der Waals surface area contributed by atoms with Gasteiger partial charge in [0, 0.05) is 5.70 Å². The number of allylic oxidation sites excluding steroid dienone is 2. The van der Waals surface area contributed by atoms with E-state index in [0.29, 0.717) is 0 Å². The molecule has 0 aliphatic carbocycles. The zero-order valence-electron chi connectivity index (χ0n) is 4.47. The summed E-state index contributed by atoms with van der Waals surface area (Å²) in [4.78, 5) is 0. The second kappa shape index (κ2) is 3.02. The SMILES string of the molecule is NC1=CCC=IC=C1. The van der Waals surface area contributed by atoms with E-state index in [9.17, 15) is 0 Å². The second-order valence-corrected chi connectivity index (χ2v) is 3.83. The van der Waals surface area contributed by atoms with Crippen molar-refractivity contribution in [1.82, 2.24) is 0 Å². The predicted molar refractivity (Wildman–Crippen MR) is 46.1 cm³/mol. The van der Waals surface area contributed by atoms with Gasteiger partial charge in [0.25, 0.3) is 0 Å². The molecule has 0 aromatic heterocycles. The van der Waals surface area contributed by atoms with Gasteiger partial charge < -0.3 is 5.73 Å². The van der Waals surface area contributed by atoms with E-state index in [1.807, 2.05) is 12.2 Å². The van der Waals surface area contributed by atoms with Crippen LogP contribution in [0.1, 0.15) is 6.42 Å². The summed E-state index contributed by atoms with van der Waals surface area (Å²) in [5.74, 6) is 0. The Kier molecular flexibility index (Phi) is 2.27. The number of nitrogens with two attached hydrogens (primary N) is 1. The van der Waals surface area contributed by atoms with Crippen molar-refractivity contribution in [3.05, 3.63) is 21.9 Å². The molecule has 0 saturated heterocycles. The van der Waals surface area contributed by atoms with Gasteiger partial charge in [-0.05, 0) is 20.6 Å². The highest BCUT2D eigenvalue weighted by atomic mass is 127. The molecular weight excluding hydrogens is 213 g/mol. The van der Waals surface area contributed by atoms with E-state index in [1.165, 1.54) is 0 Å². The lowest BCUT2D eigenvalue weighted by molar-refractivity contribution is 1.37. The molecule has 0 fully saturated rings. The third kappa shape index (κ3) is 1.78. The Morgan fingerprint density at radius 3 is 3.38 bits per heavy atom. The van der Waals surface area contributed by atoms with E-state index in [1.54, 1.807) is 0 Å². The van der Waals surface area contributed by atoms with Crippen molar-refractivity contribution in [2.45, 2.75) is 6.42 Å². The normalized spacial score (nSPS) is 18.8. The molecule has 0 spiro atoms. The summed E-state index contributed by atoms with van der Waals surface area (Å²) in [5.41, 5.74) is 6.42. The lowest BCUT2D eigenvalue weighted by Gasteiger charge is -1.83. The first kappa shape index (κ1) is 6.01. The molecule has 0 amide bonds. The molecule has 1 aliphatic heterocycles. The maximum Gasteiger partial charge on any atom is 0.0281 e. The van der Waals surface area contributed by atoms with Crippen LogP contribution in [0.25, 0.3) is 0 Å². The summed E-state index contributed by atoms with van der Waals surface area (Å²) < 4.78 is 4.48. The maximum atomic E-state index is 5.51. The van der Waals surface area contributed by atoms with Crippen LogP contribution in [-0.4, -0.2) is 4.01 Å². The van der Waals surface area contributed by atoms with E-state index in [4.69, 9.17) is 5.73 Å². The van der Waals surface area contributed by atoms with Crippen LogP contribution in [0, 0.1) is 0 Å². The molecule has 1 rings (SSSR count). The summed E-state index contributed by atoms with van der Waals surface area (Å²) in [5, 5.41) is 0. The highest BCUT2D eigenvalue weighted by Crippen LogP contribution is 2.05. The Labute approximate surface area is 59.0 Å². The minimum absolute atomic E-state index is 0.222. The predicted octanol–water partition coefficient (Wildman–Crippen LogP) is 1.52. The van der Waals surface area contributed by atoms with Crippen molar-refractivity contribution < 1.29 is 0 Å². The van der Waals surface area contributed by atoms with Crippen molar-refractivity contribution in [2.24, 2.45) is 5.73 Å². The molecule has 0 bridgehead atoms. The Balaban J connectivity index is 2.69. The molecule has 0 atom stereocenters. The number of rotatable bonds is 0. The molecule has 0 radical (unpaired) electrons. The van der Waals surface area contributed by atoms with Crippen molar-refractivity contribution in [2.75, 3.05) is 0 Å². The van der Waals surface area contributed by atoms with Gasteiger partial charge in [0.15, 0.2) is 0 Å². The largest absolute Gasteiger partial charge is 0.399 e. The van der Waals surface area contributed by atoms with Crippen LogP contribution >= 0.6 is 20.7 Å². The average Bonchev–Trinajstić information content (AvgIpc) is 1.94. The topological polar surface area (TPSA) is 26.0 Å². The summed E-state index contributed by atoms with van der Waals surface area (Å²) in [6.45, 7) is 0. The van der Waals surface area contributed by atoms with Gasteiger partial charge in [-0.25, -0.2) is 0 Å². The van der Waals surface area contributed by atoms with Crippen molar-refractivity contribution in [3.63, 3.8) is 0 Å². The molecule has 0 unspecified atom stereocenters. The van der Waals surface area contributed by atoms with Gasteiger partial charge in [0.05, 0.1) is 0 Å². The summed E-state index contributed by atoms with van der Waals surface area (Å²) in [7, 11) is 0. The standard InChI is InChI=1S/C6H8IN/c8-6-2-1-4-7-5-3-6/h2-5H,1,8H2. The second-order valence-electron chi connectivity index (χ2n) is 1.51.